The molecule has 0 saturated heterocycles. The van der Waals surface area contributed by atoms with E-state index in [2.05, 4.69) is 4.98 Å². The lowest BCUT2D eigenvalue weighted by Gasteiger charge is -2.19. The predicted molar refractivity (Wildman–Crippen MR) is 38.9 cm³/mol. The zero-order chi connectivity index (χ0) is 5.82. The lowest BCUT2D eigenvalue weighted by atomic mass is 9.96. The summed E-state index contributed by atoms with van der Waals surface area (Å²) in [5.74, 6) is 0. The number of nitrogens with zero attached hydrogens (tertiary/aromatic N) is 1. The molecule has 0 heterocycles. The Bertz CT molecular complexity index is 59.5. The second-order valence-corrected chi connectivity index (χ2v) is 3.07. The molecule has 0 spiro atoms. The maximum absolute atomic E-state index is 4.39. The molecule has 1 radical (unpaired) electrons. The van der Waals surface area contributed by atoms with Gasteiger partial charge in [-0.05, 0) is 12.8 Å². The van der Waals surface area contributed by atoms with E-state index in [4.69, 9.17) is 0 Å². The molecule has 0 N–H and O–H groups in total. The monoisotopic (exact) mass is 128 g/mol. The van der Waals surface area contributed by atoms with Crippen LogP contribution in [0, 0.1) is 0 Å². The van der Waals surface area contributed by atoms with Crippen LogP contribution in [0.1, 0.15) is 32.1 Å². The van der Waals surface area contributed by atoms with E-state index in [1.165, 1.54) is 32.1 Å². The third-order valence-corrected chi connectivity index (χ3v) is 2.67. The van der Waals surface area contributed by atoms with Crippen LogP contribution >= 0.6 is 0 Å². The van der Waals surface area contributed by atoms with Crippen LogP contribution in [0.3, 0.4) is 0 Å². The Morgan fingerprint density at radius 3 is 2.12 bits per heavy atom. The third kappa shape index (κ3) is 1.60. The molecule has 1 aliphatic rings. The van der Waals surface area contributed by atoms with Gasteiger partial charge in [0.05, 0.1) is 10.4 Å². The van der Waals surface area contributed by atoms with Crippen LogP contribution in [0.5, 0.6) is 0 Å². The molecule has 1 rings (SSSR count). The maximum Gasteiger partial charge on any atom is 0.0982 e. The van der Waals surface area contributed by atoms with Gasteiger partial charge in [0.25, 0.3) is 0 Å². The van der Waals surface area contributed by atoms with Gasteiger partial charge in [0.2, 0.25) is 0 Å². The van der Waals surface area contributed by atoms with Gasteiger partial charge in [-0.15, -0.1) is 0 Å². The average Bonchev–Trinajstić information content (AvgIpc) is 1.90. The van der Waals surface area contributed by atoms with Gasteiger partial charge in [0.15, 0.2) is 0 Å². The fourth-order valence-corrected chi connectivity index (χ4v) is 1.86. The third-order valence-electron chi connectivity index (χ3n) is 1.94. The first-order chi connectivity index (χ1) is 3.93. The van der Waals surface area contributed by atoms with Gasteiger partial charge in [0, 0.05) is 6.04 Å². The summed E-state index contributed by atoms with van der Waals surface area (Å²) in [5, 5.41) is 0. The van der Waals surface area contributed by atoms with E-state index in [9.17, 15) is 0 Å². The molecule has 1 saturated carbocycles. The van der Waals surface area contributed by atoms with Gasteiger partial charge in [-0.1, -0.05) is 19.3 Å². The molecule has 0 bridgehead atoms. The molecule has 1 nitrogen and oxygen atoms in total. The molecule has 0 aromatic heterocycles. The van der Waals surface area contributed by atoms with Crippen LogP contribution in [-0.2, 0) is 0 Å². The normalized spacial score (nSPS) is 24.0. The second-order valence-electron chi connectivity index (χ2n) is 2.55. The van der Waals surface area contributed by atoms with Crippen molar-refractivity contribution in [3.05, 3.63) is 0 Å². The van der Waals surface area contributed by atoms with Crippen molar-refractivity contribution in [2.75, 3.05) is 0 Å². The van der Waals surface area contributed by atoms with E-state index in [1.54, 1.807) is 0 Å². The summed E-state index contributed by atoms with van der Waals surface area (Å²) in [4.78, 5) is 4.39. The minimum absolute atomic E-state index is 0.774. The molecule has 0 atom stereocenters. The highest BCUT2D eigenvalue weighted by atomic mass is 28.2. The van der Waals surface area contributed by atoms with E-state index < -0.39 is 0 Å². The Morgan fingerprint density at radius 1 is 1.12 bits per heavy atom. The molecule has 0 aliphatic heterocycles. The molecule has 0 unspecified atom stereocenters. The second kappa shape index (κ2) is 3.25. The highest BCUT2D eigenvalue weighted by Gasteiger charge is 2.09. The van der Waals surface area contributed by atoms with Crippen LogP contribution in [0.25, 0.3) is 0 Å². The quantitative estimate of drug-likeness (QED) is 0.448. The van der Waals surface area contributed by atoms with Gasteiger partial charge in [-0.3, -0.25) is 4.98 Å². The summed E-state index contributed by atoms with van der Waals surface area (Å²) < 4.78 is 0. The molecular weight excluding hydrogens is 114 g/mol. The fraction of sp³-hybridized carbons (Fsp3) is 1.00. The first-order valence-electron chi connectivity index (χ1n) is 3.52. The van der Waals surface area contributed by atoms with Crippen molar-refractivity contribution in [2.24, 2.45) is 0 Å². The molecule has 1 fully saturated rings. The minimum Gasteiger partial charge on any atom is -0.278 e. The highest BCUT2D eigenvalue weighted by Crippen LogP contribution is 2.16. The van der Waals surface area contributed by atoms with Crippen LogP contribution in [0.15, 0.2) is 0 Å². The average molecular weight is 128 g/mol. The van der Waals surface area contributed by atoms with Crippen molar-refractivity contribution < 1.29 is 0 Å². The Labute approximate surface area is 54.4 Å². The zero-order valence-electron chi connectivity index (χ0n) is 5.56. The van der Waals surface area contributed by atoms with Crippen molar-refractivity contribution in [1.29, 1.82) is 0 Å². The zero-order valence-corrected chi connectivity index (χ0v) is 7.56. The molecule has 1 aliphatic carbocycles. The topological polar surface area (TPSA) is 14.1 Å². The summed E-state index contributed by atoms with van der Waals surface area (Å²) in [6, 6.07) is 0.774. The first-order valence-corrected chi connectivity index (χ1v) is 4.42. The van der Waals surface area contributed by atoms with Crippen molar-refractivity contribution >= 4 is 10.4 Å². The van der Waals surface area contributed by atoms with Crippen molar-refractivity contribution in [3.63, 3.8) is 0 Å². The van der Waals surface area contributed by atoms with E-state index >= 15 is 0 Å². The Morgan fingerprint density at radius 2 is 1.75 bits per heavy atom. The summed E-state index contributed by atoms with van der Waals surface area (Å²) in [6.07, 6.45) is 7.06. The van der Waals surface area contributed by atoms with Gasteiger partial charge in [-0.2, -0.15) is 0 Å². The van der Waals surface area contributed by atoms with Crippen molar-refractivity contribution in [2.45, 2.75) is 38.1 Å². The molecule has 47 valence electrons. The molecular formula is C6H14NSi. The lowest BCUT2D eigenvalue weighted by molar-refractivity contribution is 0.416. The number of hydrogen-bond donors (Lipinski definition) is 0. The summed E-state index contributed by atoms with van der Waals surface area (Å²) in [7, 11) is 1.05. The summed E-state index contributed by atoms with van der Waals surface area (Å²) in [5.41, 5.74) is 0. The van der Waals surface area contributed by atoms with Crippen LogP contribution < -0.4 is 4.98 Å². The Kier molecular flexibility index (Phi) is 2.56. The molecule has 8 heavy (non-hydrogen) atoms. The van der Waals surface area contributed by atoms with E-state index in [0.717, 1.165) is 16.4 Å². The summed E-state index contributed by atoms with van der Waals surface area (Å²) >= 11 is 0. The molecule has 0 amide bonds. The predicted octanol–water partition coefficient (Wildman–Crippen LogP) is 0.204. The van der Waals surface area contributed by atoms with Crippen molar-refractivity contribution in [1.82, 2.24) is 4.98 Å². The Balaban J connectivity index is 2.13. The van der Waals surface area contributed by atoms with Crippen LogP contribution in [0.4, 0.5) is 0 Å². The number of rotatable bonds is 1. The number of hydrogen-bond acceptors (Lipinski definition) is 0. The fourth-order valence-electron chi connectivity index (χ4n) is 1.34. The van der Waals surface area contributed by atoms with Gasteiger partial charge in [-0.25, -0.2) is 0 Å². The SMILES string of the molecule is [SiH3][N]C1CCCCC1. The smallest absolute Gasteiger partial charge is 0.0982 e. The first kappa shape index (κ1) is 6.30. The maximum atomic E-state index is 4.39. The molecule has 0 aromatic rings. The molecule has 0 aromatic carbocycles. The van der Waals surface area contributed by atoms with Gasteiger partial charge in [0.1, 0.15) is 0 Å². The highest BCUT2D eigenvalue weighted by molar-refractivity contribution is 6.04. The minimum atomic E-state index is 0.774. The van der Waals surface area contributed by atoms with Gasteiger partial charge >= 0.3 is 0 Å². The van der Waals surface area contributed by atoms with E-state index in [-0.39, 0.29) is 0 Å². The standard InChI is InChI=1S/C6H14NSi/c8-7-6-4-2-1-3-5-6/h6H,1-5H2,8H3. The van der Waals surface area contributed by atoms with E-state index in [0.29, 0.717) is 0 Å². The van der Waals surface area contributed by atoms with Gasteiger partial charge < -0.3 is 0 Å². The summed E-state index contributed by atoms with van der Waals surface area (Å²) in [6.45, 7) is 0. The van der Waals surface area contributed by atoms with Crippen LogP contribution in [0.2, 0.25) is 0 Å². The lowest BCUT2D eigenvalue weighted by Crippen LogP contribution is -2.22. The Hall–Kier alpha value is 0.177. The van der Waals surface area contributed by atoms with E-state index in [1.807, 2.05) is 0 Å². The largest absolute Gasteiger partial charge is 0.278 e. The van der Waals surface area contributed by atoms with Crippen LogP contribution in [-0.4, -0.2) is 16.4 Å². The van der Waals surface area contributed by atoms with Crippen molar-refractivity contribution in [3.8, 4) is 0 Å². The molecule has 2 heteroatoms.